The van der Waals surface area contributed by atoms with Gasteiger partial charge in [-0.15, -0.1) is 0 Å². The molecule has 0 saturated carbocycles. The van der Waals surface area contributed by atoms with Crippen molar-refractivity contribution in [3.05, 3.63) is 5.28 Å². The summed E-state index contributed by atoms with van der Waals surface area (Å²) in [5, 5.41) is 11.4. The number of aromatic nitrogens is 3. The first-order valence-electron chi connectivity index (χ1n) is 7.25. The van der Waals surface area contributed by atoms with E-state index < -0.39 is 16.4 Å². The van der Waals surface area contributed by atoms with E-state index in [1.165, 1.54) is 4.31 Å². The number of rotatable bonds is 5. The first-order chi connectivity index (χ1) is 11.0. The van der Waals surface area contributed by atoms with Crippen LogP contribution in [0.4, 0.5) is 16.7 Å². The second-order valence-corrected chi connectivity index (χ2v) is 7.64. The topological polar surface area (TPSA) is 104 Å². The fourth-order valence-electron chi connectivity index (χ4n) is 1.42. The van der Waals surface area contributed by atoms with Gasteiger partial charge in [0.05, 0.1) is 18.0 Å². The monoisotopic (exact) mass is 372 g/mol. The molecule has 0 radical (unpaired) electrons. The van der Waals surface area contributed by atoms with E-state index in [4.69, 9.17) is 21.6 Å². The zero-order valence-corrected chi connectivity index (χ0v) is 16.1. The summed E-state index contributed by atoms with van der Waals surface area (Å²) < 4.78 is 6.80. The van der Waals surface area contributed by atoms with Crippen molar-refractivity contribution >= 4 is 40.7 Å². The third-order valence-corrected chi connectivity index (χ3v) is 3.43. The number of nitrogens with zero attached hydrogens (tertiary/aromatic N) is 5. The van der Waals surface area contributed by atoms with E-state index in [9.17, 15) is 4.79 Å². The number of halogens is 1. The van der Waals surface area contributed by atoms with E-state index >= 15 is 0 Å². The van der Waals surface area contributed by atoms with Gasteiger partial charge in [0.15, 0.2) is 0 Å². The Kier molecular flexibility index (Phi) is 6.63. The lowest BCUT2D eigenvalue weighted by Gasteiger charge is -2.23. The van der Waals surface area contributed by atoms with Gasteiger partial charge in [0.1, 0.15) is 11.1 Å². The van der Waals surface area contributed by atoms with Crippen LogP contribution in [-0.2, 0) is 4.74 Å². The predicted octanol–water partition coefficient (Wildman–Crippen LogP) is 3.65. The normalized spacial score (nSPS) is 11.6. The van der Waals surface area contributed by atoms with Gasteiger partial charge in [0.25, 0.3) is 0 Å². The number of ether oxygens (including phenoxy) is 1. The van der Waals surface area contributed by atoms with E-state index in [1.807, 2.05) is 6.92 Å². The molecular formula is C14H21ClN6O2S. The van der Waals surface area contributed by atoms with Gasteiger partial charge >= 0.3 is 5.30 Å². The summed E-state index contributed by atoms with van der Waals surface area (Å²) in [4.78, 5) is 24.2. The van der Waals surface area contributed by atoms with Crippen molar-refractivity contribution in [3.63, 3.8) is 0 Å². The quantitative estimate of drug-likeness (QED) is 0.612. The van der Waals surface area contributed by atoms with Crippen LogP contribution in [0.2, 0.25) is 5.28 Å². The Morgan fingerprint density at radius 1 is 1.33 bits per heavy atom. The Bertz CT molecular complexity index is 641. The highest BCUT2D eigenvalue weighted by molar-refractivity contribution is 8.14. The molecule has 132 valence electrons. The highest BCUT2D eigenvalue weighted by atomic mass is 35.5. The van der Waals surface area contributed by atoms with Crippen LogP contribution in [0.1, 0.15) is 41.5 Å². The molecule has 0 bridgehead atoms. The zero-order valence-electron chi connectivity index (χ0n) is 14.5. The molecule has 1 rings (SSSR count). The zero-order chi connectivity index (χ0) is 18.5. The minimum atomic E-state index is -0.878. The SMILES string of the molecule is CCN(SC(=O)OC(C)(C)C)c1nc(Cl)nc(NC(C)(C)C#N)n1. The molecule has 0 aliphatic carbocycles. The maximum atomic E-state index is 12.0. The molecular weight excluding hydrogens is 352 g/mol. The van der Waals surface area contributed by atoms with Gasteiger partial charge in [0.2, 0.25) is 17.2 Å². The molecule has 1 aromatic rings. The van der Waals surface area contributed by atoms with E-state index in [0.717, 1.165) is 11.9 Å². The van der Waals surface area contributed by atoms with E-state index in [1.54, 1.807) is 34.6 Å². The number of anilines is 2. The van der Waals surface area contributed by atoms with Crippen LogP contribution in [-0.4, -0.2) is 37.9 Å². The number of hydrogen-bond acceptors (Lipinski definition) is 9. The standard InChI is InChI=1S/C14H21ClN6O2S/c1-7-21(24-12(22)23-13(2,3)4)11-18-9(15)17-10(19-11)20-14(5,6)8-16/h7H2,1-6H3,(H,17,18,19,20). The lowest BCUT2D eigenvalue weighted by atomic mass is 10.1. The fourth-order valence-corrected chi connectivity index (χ4v) is 2.34. The van der Waals surface area contributed by atoms with Gasteiger partial charge in [-0.25, -0.2) is 4.79 Å². The molecule has 0 spiro atoms. The van der Waals surface area contributed by atoms with E-state index in [2.05, 4.69) is 26.3 Å². The second-order valence-electron chi connectivity index (χ2n) is 6.34. The molecule has 1 heterocycles. The van der Waals surface area contributed by atoms with Crippen LogP contribution >= 0.6 is 23.5 Å². The Morgan fingerprint density at radius 2 is 1.96 bits per heavy atom. The fraction of sp³-hybridized carbons (Fsp3) is 0.643. The molecule has 0 atom stereocenters. The van der Waals surface area contributed by atoms with Gasteiger partial charge in [-0.1, -0.05) is 0 Å². The number of carbonyl (C=O) groups excluding carboxylic acids is 1. The van der Waals surface area contributed by atoms with Crippen molar-refractivity contribution in [3.8, 4) is 6.07 Å². The molecule has 10 heteroatoms. The molecule has 0 amide bonds. The first-order valence-corrected chi connectivity index (χ1v) is 8.40. The summed E-state index contributed by atoms with van der Waals surface area (Å²) in [5.74, 6) is 0.351. The highest BCUT2D eigenvalue weighted by Crippen LogP contribution is 2.24. The summed E-state index contributed by atoms with van der Waals surface area (Å²) in [7, 11) is 0. The van der Waals surface area contributed by atoms with Crippen molar-refractivity contribution in [2.75, 3.05) is 16.2 Å². The van der Waals surface area contributed by atoms with Crippen LogP contribution in [0.15, 0.2) is 0 Å². The van der Waals surface area contributed by atoms with Gasteiger partial charge in [-0.05, 0) is 53.1 Å². The van der Waals surface area contributed by atoms with Crippen molar-refractivity contribution in [1.82, 2.24) is 15.0 Å². The lowest BCUT2D eigenvalue weighted by molar-refractivity contribution is 0.0737. The Morgan fingerprint density at radius 3 is 2.46 bits per heavy atom. The summed E-state index contributed by atoms with van der Waals surface area (Å²) in [6.07, 6.45) is 0. The Balaban J connectivity index is 2.99. The van der Waals surface area contributed by atoms with Crippen molar-refractivity contribution in [2.24, 2.45) is 0 Å². The van der Waals surface area contributed by atoms with E-state index in [0.29, 0.717) is 6.54 Å². The molecule has 0 aliphatic heterocycles. The molecule has 0 saturated heterocycles. The van der Waals surface area contributed by atoms with Gasteiger partial charge in [-0.3, -0.25) is 4.31 Å². The van der Waals surface area contributed by atoms with Crippen molar-refractivity contribution in [2.45, 2.75) is 52.7 Å². The highest BCUT2D eigenvalue weighted by Gasteiger charge is 2.23. The molecule has 1 N–H and O–H groups in total. The molecule has 0 aromatic carbocycles. The predicted molar refractivity (Wildman–Crippen MR) is 95.0 cm³/mol. The number of nitriles is 1. The maximum Gasteiger partial charge on any atom is 0.388 e. The van der Waals surface area contributed by atoms with Crippen LogP contribution in [0.3, 0.4) is 0 Å². The minimum Gasteiger partial charge on any atom is -0.451 e. The third-order valence-electron chi connectivity index (χ3n) is 2.38. The molecule has 0 aliphatic rings. The molecule has 1 aromatic heterocycles. The van der Waals surface area contributed by atoms with Gasteiger partial charge in [0, 0.05) is 6.54 Å². The number of carbonyl (C=O) groups is 1. The summed E-state index contributed by atoms with van der Waals surface area (Å²) >= 11 is 6.76. The number of hydrogen-bond donors (Lipinski definition) is 1. The van der Waals surface area contributed by atoms with E-state index in [-0.39, 0.29) is 17.2 Å². The van der Waals surface area contributed by atoms with Gasteiger partial charge < -0.3 is 10.1 Å². The lowest BCUT2D eigenvalue weighted by Crippen LogP contribution is -2.30. The molecule has 8 nitrogen and oxygen atoms in total. The van der Waals surface area contributed by atoms with Crippen LogP contribution in [0, 0.1) is 11.3 Å². The minimum absolute atomic E-state index is 0.0421. The van der Waals surface area contributed by atoms with Crippen molar-refractivity contribution < 1.29 is 9.53 Å². The third kappa shape index (κ3) is 6.76. The van der Waals surface area contributed by atoms with Crippen LogP contribution in [0.5, 0.6) is 0 Å². The maximum absolute atomic E-state index is 12.0. The second kappa shape index (κ2) is 7.85. The first kappa shape index (κ1) is 20.3. The summed E-state index contributed by atoms with van der Waals surface area (Å²) in [6, 6.07) is 2.08. The molecule has 0 unspecified atom stereocenters. The average Bonchev–Trinajstić information content (AvgIpc) is 2.41. The van der Waals surface area contributed by atoms with Crippen LogP contribution in [0.25, 0.3) is 0 Å². The Hall–Kier alpha value is -1.79. The average molecular weight is 373 g/mol. The summed E-state index contributed by atoms with van der Waals surface area (Å²) in [5.41, 5.74) is -1.47. The Labute approximate surface area is 151 Å². The molecule has 0 fully saturated rings. The molecule has 24 heavy (non-hydrogen) atoms. The smallest absolute Gasteiger partial charge is 0.388 e. The van der Waals surface area contributed by atoms with Gasteiger partial charge in [-0.2, -0.15) is 20.2 Å². The summed E-state index contributed by atoms with van der Waals surface area (Å²) in [6.45, 7) is 11.0. The number of nitrogens with one attached hydrogen (secondary N) is 1. The van der Waals surface area contributed by atoms with Crippen LogP contribution < -0.4 is 9.62 Å². The van der Waals surface area contributed by atoms with Crippen molar-refractivity contribution in [1.29, 1.82) is 5.26 Å². The largest absolute Gasteiger partial charge is 0.451 e.